The van der Waals surface area contributed by atoms with Gasteiger partial charge in [-0.1, -0.05) is 42.3 Å². The zero-order valence-corrected chi connectivity index (χ0v) is 11.4. The number of rotatable bonds is 1. The predicted octanol–water partition coefficient (Wildman–Crippen LogP) is 4.12. The van der Waals surface area contributed by atoms with Crippen LogP contribution in [0.25, 0.3) is 5.57 Å². The van der Waals surface area contributed by atoms with Gasteiger partial charge in [-0.3, -0.25) is 0 Å². The molecule has 1 heteroatoms. The summed E-state index contributed by atoms with van der Waals surface area (Å²) >= 11 is 0. The van der Waals surface area contributed by atoms with Gasteiger partial charge >= 0.3 is 0 Å². The third-order valence-electron chi connectivity index (χ3n) is 4.62. The van der Waals surface area contributed by atoms with Crippen LogP contribution in [0, 0.1) is 5.92 Å². The molecule has 1 nitrogen and oxygen atoms in total. The van der Waals surface area contributed by atoms with E-state index >= 15 is 0 Å². The van der Waals surface area contributed by atoms with Crippen LogP contribution in [-0.4, -0.2) is 11.2 Å². The van der Waals surface area contributed by atoms with E-state index in [2.05, 4.69) is 36.9 Å². The third-order valence-corrected chi connectivity index (χ3v) is 4.62. The van der Waals surface area contributed by atoms with Gasteiger partial charge in [-0.05, 0) is 54.7 Å². The second-order valence-electron chi connectivity index (χ2n) is 5.74. The minimum Gasteiger partial charge on any atom is -0.388 e. The molecule has 1 fully saturated rings. The summed E-state index contributed by atoms with van der Waals surface area (Å²) in [6.45, 7) is 3.99. The van der Waals surface area contributed by atoms with Crippen molar-refractivity contribution in [2.45, 2.75) is 44.6 Å². The topological polar surface area (TPSA) is 20.2 Å². The Morgan fingerprint density at radius 2 is 1.95 bits per heavy atom. The Hall–Kier alpha value is -1.34. The Balaban J connectivity index is 2.13. The molecule has 19 heavy (non-hydrogen) atoms. The zero-order chi connectivity index (χ0) is 13.2. The summed E-state index contributed by atoms with van der Waals surface area (Å²) in [5.41, 5.74) is 5.33. The van der Waals surface area contributed by atoms with Crippen molar-refractivity contribution >= 4 is 5.57 Å². The highest BCUT2D eigenvalue weighted by Gasteiger charge is 2.28. The molecule has 2 atom stereocenters. The van der Waals surface area contributed by atoms with Gasteiger partial charge in [0.2, 0.25) is 0 Å². The van der Waals surface area contributed by atoms with E-state index in [0.717, 1.165) is 19.3 Å². The fourth-order valence-corrected chi connectivity index (χ4v) is 3.64. The Morgan fingerprint density at radius 3 is 2.79 bits per heavy atom. The largest absolute Gasteiger partial charge is 0.388 e. The van der Waals surface area contributed by atoms with Crippen LogP contribution in [-0.2, 0) is 6.42 Å². The fourth-order valence-electron chi connectivity index (χ4n) is 3.64. The fraction of sp³-hybridized carbons (Fsp3) is 0.444. The molecule has 1 N–H and O–H groups in total. The quantitative estimate of drug-likeness (QED) is 0.747. The van der Waals surface area contributed by atoms with Crippen molar-refractivity contribution in [2.24, 2.45) is 5.92 Å². The van der Waals surface area contributed by atoms with Crippen molar-refractivity contribution in [3.05, 3.63) is 53.6 Å². The molecule has 0 bridgehead atoms. The molecule has 0 heterocycles. The van der Waals surface area contributed by atoms with Crippen LogP contribution < -0.4 is 0 Å². The van der Waals surface area contributed by atoms with Crippen LogP contribution in [0.4, 0.5) is 0 Å². The molecule has 3 rings (SSSR count). The van der Waals surface area contributed by atoms with E-state index in [1.165, 1.54) is 41.5 Å². The molecule has 2 unspecified atom stereocenters. The maximum atomic E-state index is 10.5. The number of hydrogen-bond acceptors (Lipinski definition) is 1. The number of hydrogen-bond donors (Lipinski definition) is 1. The predicted molar refractivity (Wildman–Crippen MR) is 79.8 cm³/mol. The average molecular weight is 254 g/mol. The van der Waals surface area contributed by atoms with E-state index in [9.17, 15) is 5.11 Å². The van der Waals surface area contributed by atoms with Crippen molar-refractivity contribution in [3.63, 3.8) is 0 Å². The minimum atomic E-state index is -0.287. The molecule has 0 spiro atoms. The van der Waals surface area contributed by atoms with Gasteiger partial charge in [-0.25, -0.2) is 0 Å². The second-order valence-corrected chi connectivity index (χ2v) is 5.74. The maximum absolute atomic E-state index is 10.5. The maximum Gasteiger partial charge on any atom is 0.0798 e. The lowest BCUT2D eigenvalue weighted by Gasteiger charge is -2.32. The summed E-state index contributed by atoms with van der Waals surface area (Å²) in [4.78, 5) is 0. The summed E-state index contributed by atoms with van der Waals surface area (Å²) in [6.07, 6.45) is 8.49. The Bertz CT molecular complexity index is 512. The van der Waals surface area contributed by atoms with E-state index in [-0.39, 0.29) is 6.10 Å². The summed E-state index contributed by atoms with van der Waals surface area (Å²) < 4.78 is 0. The Kier molecular flexibility index (Phi) is 3.56. The summed E-state index contributed by atoms with van der Waals surface area (Å²) in [5.74, 6) is 0.463. The first-order chi connectivity index (χ1) is 9.31. The van der Waals surface area contributed by atoms with Gasteiger partial charge in [0.15, 0.2) is 0 Å². The summed E-state index contributed by atoms with van der Waals surface area (Å²) in [7, 11) is 0. The molecule has 0 saturated heterocycles. The first kappa shape index (κ1) is 12.7. The van der Waals surface area contributed by atoms with Gasteiger partial charge in [-0.15, -0.1) is 6.58 Å². The molecule has 0 aromatic heterocycles. The molecule has 2 aliphatic carbocycles. The van der Waals surface area contributed by atoms with Crippen molar-refractivity contribution in [1.82, 2.24) is 0 Å². The van der Waals surface area contributed by atoms with Gasteiger partial charge in [0.1, 0.15) is 0 Å². The van der Waals surface area contributed by atoms with E-state index in [1.807, 2.05) is 0 Å². The van der Waals surface area contributed by atoms with Gasteiger partial charge < -0.3 is 5.11 Å². The zero-order valence-electron chi connectivity index (χ0n) is 11.4. The van der Waals surface area contributed by atoms with Crippen molar-refractivity contribution in [3.8, 4) is 0 Å². The first-order valence-corrected chi connectivity index (χ1v) is 7.43. The molecule has 2 aliphatic rings. The lowest BCUT2D eigenvalue weighted by Crippen LogP contribution is -2.22. The minimum absolute atomic E-state index is 0.287. The van der Waals surface area contributed by atoms with Gasteiger partial charge in [0.05, 0.1) is 6.10 Å². The number of fused-ring (bicyclic) bond motifs is 1. The highest BCUT2D eigenvalue weighted by atomic mass is 16.3. The van der Waals surface area contributed by atoms with Crippen LogP contribution in [0.3, 0.4) is 0 Å². The van der Waals surface area contributed by atoms with Crippen LogP contribution >= 0.6 is 0 Å². The Labute approximate surface area is 115 Å². The van der Waals surface area contributed by atoms with E-state index < -0.39 is 0 Å². The van der Waals surface area contributed by atoms with Crippen LogP contribution in [0.5, 0.6) is 0 Å². The number of aliphatic hydroxyl groups is 1. The molecule has 1 saturated carbocycles. The summed E-state index contributed by atoms with van der Waals surface area (Å²) in [5, 5.41) is 10.5. The second kappa shape index (κ2) is 5.34. The number of allylic oxidation sites excluding steroid dienone is 2. The van der Waals surface area contributed by atoms with Crippen LogP contribution in [0.2, 0.25) is 0 Å². The highest BCUT2D eigenvalue weighted by molar-refractivity contribution is 5.76. The van der Waals surface area contributed by atoms with Crippen molar-refractivity contribution in [2.75, 3.05) is 0 Å². The molecule has 100 valence electrons. The molecule has 0 amide bonds. The lowest BCUT2D eigenvalue weighted by atomic mass is 9.75. The molecule has 1 aromatic carbocycles. The van der Waals surface area contributed by atoms with E-state index in [4.69, 9.17) is 0 Å². The number of aliphatic hydroxyl groups excluding tert-OH is 1. The van der Waals surface area contributed by atoms with Crippen molar-refractivity contribution < 1.29 is 5.11 Å². The third kappa shape index (κ3) is 2.28. The number of benzene rings is 1. The lowest BCUT2D eigenvalue weighted by molar-refractivity contribution is 0.216. The standard InChI is InChI=1S/C18H22O/c1-2-13-7-3-5-9-15(13)18-16-10-6-4-8-14(16)11-12-17(18)19/h2,4,6,8,10,13,17,19H,1,3,5,7,9,11-12H2/b18-15-. The van der Waals surface area contributed by atoms with Gasteiger partial charge in [-0.2, -0.15) is 0 Å². The SMILES string of the molecule is C=CC1CCCC/C1=C1\c2ccccc2CCC1O. The first-order valence-electron chi connectivity index (χ1n) is 7.43. The normalized spacial score (nSPS) is 30.8. The summed E-state index contributed by atoms with van der Waals surface area (Å²) in [6, 6.07) is 8.57. The number of aryl methyl sites for hydroxylation is 1. The molecular weight excluding hydrogens is 232 g/mol. The molecule has 1 aromatic rings. The van der Waals surface area contributed by atoms with Gasteiger partial charge in [0.25, 0.3) is 0 Å². The van der Waals surface area contributed by atoms with Crippen LogP contribution in [0.1, 0.15) is 43.2 Å². The molecular formula is C18H22O. The van der Waals surface area contributed by atoms with Gasteiger partial charge in [0, 0.05) is 0 Å². The highest BCUT2D eigenvalue weighted by Crippen LogP contribution is 2.41. The van der Waals surface area contributed by atoms with Crippen molar-refractivity contribution in [1.29, 1.82) is 0 Å². The Morgan fingerprint density at radius 1 is 1.11 bits per heavy atom. The molecule has 0 radical (unpaired) electrons. The van der Waals surface area contributed by atoms with Crippen LogP contribution in [0.15, 0.2) is 42.5 Å². The molecule has 0 aliphatic heterocycles. The van der Waals surface area contributed by atoms with E-state index in [0.29, 0.717) is 5.92 Å². The average Bonchev–Trinajstić information content (AvgIpc) is 2.47. The van der Waals surface area contributed by atoms with E-state index in [1.54, 1.807) is 0 Å². The monoisotopic (exact) mass is 254 g/mol. The smallest absolute Gasteiger partial charge is 0.0798 e.